The van der Waals surface area contributed by atoms with Gasteiger partial charge in [-0.15, -0.1) is 0 Å². The highest BCUT2D eigenvalue weighted by Gasteiger charge is 3.22. The molecular weight excluding hydrogens is 569 g/mol. The number of halogens is 13. The molecule has 0 spiro atoms. The van der Waals surface area contributed by atoms with E-state index in [0.717, 1.165) is 6.92 Å². The van der Waals surface area contributed by atoms with Crippen LogP contribution in [0.1, 0.15) is 20.8 Å². The van der Waals surface area contributed by atoms with E-state index < -0.39 is 96.1 Å². The minimum absolute atomic E-state index is 0.514. The lowest BCUT2D eigenvalue weighted by molar-refractivity contribution is -0.640. The monoisotopic (exact) mass is 591 g/mol. The Balaban J connectivity index is 2.67. The Bertz CT molecular complexity index is 820. The van der Waals surface area contributed by atoms with E-state index in [1.807, 2.05) is 0 Å². The number of alkyl halides is 13. The molecule has 4 aliphatic carbocycles. The van der Waals surface area contributed by atoms with Gasteiger partial charge in [-0.1, -0.05) is 0 Å². The molecule has 0 aliphatic heterocycles. The van der Waals surface area contributed by atoms with E-state index >= 15 is 57.1 Å². The molecule has 0 amide bonds. The predicted molar refractivity (Wildman–Crippen MR) is 96.6 cm³/mol. The Kier molecular flexibility index (Phi) is 6.59. The summed E-state index contributed by atoms with van der Waals surface area (Å²) in [6.45, 7) is -4.44. The van der Waals surface area contributed by atoms with E-state index in [-0.39, 0.29) is 0 Å². The molecule has 0 radical (unpaired) electrons. The highest BCUT2D eigenvalue weighted by atomic mass is 19.3. The fourth-order valence-electron chi connectivity index (χ4n) is 5.40. The number of nitrogens with two attached hydrogens (primary N) is 1. The van der Waals surface area contributed by atoms with Gasteiger partial charge >= 0.3 is 41.2 Å². The minimum Gasteiger partial charge on any atom is -0.391 e. The lowest BCUT2D eigenvalue weighted by Crippen LogP contribution is -3.12. The van der Waals surface area contributed by atoms with Crippen LogP contribution in [0.3, 0.4) is 0 Å². The first kappa shape index (κ1) is 31.4. The molecule has 0 saturated heterocycles. The summed E-state index contributed by atoms with van der Waals surface area (Å²) in [6, 6.07) is -1.83. The Morgan fingerprint density at radius 2 is 0.737 bits per heavy atom. The molecule has 4 fully saturated rings. The van der Waals surface area contributed by atoms with Crippen LogP contribution in [0.15, 0.2) is 0 Å². The zero-order chi connectivity index (χ0) is 30.0. The third kappa shape index (κ3) is 2.56. The summed E-state index contributed by atoms with van der Waals surface area (Å²) >= 11 is 0. The smallest absolute Gasteiger partial charge is 0.334 e. The van der Waals surface area contributed by atoms with E-state index in [1.165, 1.54) is 0 Å². The zero-order valence-corrected chi connectivity index (χ0v) is 19.5. The lowest BCUT2D eigenvalue weighted by Gasteiger charge is -2.77. The van der Waals surface area contributed by atoms with Crippen molar-refractivity contribution in [2.45, 2.75) is 97.0 Å². The van der Waals surface area contributed by atoms with Gasteiger partial charge in [0, 0.05) is 6.04 Å². The number of hydrogen-bond acceptors (Lipinski definition) is 6. The number of ether oxygens (including phenoxy) is 3. The van der Waals surface area contributed by atoms with Crippen LogP contribution in [0.25, 0.3) is 0 Å². The summed E-state index contributed by atoms with van der Waals surface area (Å²) in [5.74, 6) is -43.5. The Morgan fingerprint density at radius 3 is 0.947 bits per heavy atom. The van der Waals surface area contributed by atoms with Crippen molar-refractivity contribution >= 4 is 0 Å². The van der Waals surface area contributed by atoms with E-state index in [0.29, 0.717) is 13.8 Å². The van der Waals surface area contributed by atoms with Crippen molar-refractivity contribution in [3.05, 3.63) is 0 Å². The van der Waals surface area contributed by atoms with Gasteiger partial charge in [-0.05, 0) is 20.8 Å². The molecule has 0 aromatic carbocycles. The molecule has 0 aromatic heterocycles. The van der Waals surface area contributed by atoms with E-state index in [9.17, 15) is 10.2 Å². The maximum Gasteiger partial charge on any atom is 0.334 e. The summed E-state index contributed by atoms with van der Waals surface area (Å²) in [6.07, 6.45) is -4.62. The van der Waals surface area contributed by atoms with Gasteiger partial charge < -0.3 is 30.2 Å². The molecule has 19 heteroatoms. The Morgan fingerprint density at radius 1 is 0.500 bits per heavy atom. The summed E-state index contributed by atoms with van der Waals surface area (Å²) in [4.78, 5) is 0. The van der Waals surface area contributed by atoms with Crippen molar-refractivity contribution in [3.63, 3.8) is 0 Å². The first-order chi connectivity index (χ1) is 16.7. The van der Waals surface area contributed by atoms with Crippen molar-refractivity contribution in [2.24, 2.45) is 5.73 Å². The van der Waals surface area contributed by atoms with Gasteiger partial charge in [-0.25, -0.2) is 4.39 Å². The third-order valence-electron chi connectivity index (χ3n) is 6.92. The highest BCUT2D eigenvalue weighted by Crippen LogP contribution is 2.88. The van der Waals surface area contributed by atoms with Gasteiger partial charge in [0.1, 0.15) is 0 Å². The van der Waals surface area contributed by atoms with Gasteiger partial charge in [0.05, 0.1) is 32.0 Å². The average Bonchev–Trinajstić information content (AvgIpc) is 2.69. The van der Waals surface area contributed by atoms with E-state index in [2.05, 4.69) is 14.2 Å². The molecule has 224 valence electrons. The van der Waals surface area contributed by atoms with Crippen LogP contribution in [0, 0.1) is 0 Å². The van der Waals surface area contributed by atoms with Gasteiger partial charge in [0.15, 0.2) is 0 Å². The fraction of sp³-hybridized carbons (Fsp3) is 1.00. The van der Waals surface area contributed by atoms with Crippen LogP contribution in [-0.4, -0.2) is 106 Å². The molecule has 5 atom stereocenters. The largest absolute Gasteiger partial charge is 0.391 e. The average molecular weight is 591 g/mol. The lowest BCUT2D eigenvalue weighted by atomic mass is 9.38. The predicted octanol–water partition coefficient (Wildman–Crippen LogP) is 2.92. The number of rotatable bonds is 9. The summed E-state index contributed by atoms with van der Waals surface area (Å²) < 4.78 is 215. The van der Waals surface area contributed by atoms with Crippen molar-refractivity contribution < 1.29 is 81.5 Å². The minimum atomic E-state index is -7.38. The fourth-order valence-corrected chi connectivity index (χ4v) is 5.40. The van der Waals surface area contributed by atoms with Crippen LogP contribution in [0.2, 0.25) is 0 Å². The summed E-state index contributed by atoms with van der Waals surface area (Å²) in [5.41, 5.74) is -21.9. The maximum absolute atomic E-state index is 15.9. The standard InChI is InChI=1S/C19H22F13NO5/c1-7(33)4-36-11-14(21,22)10(20)15(23,24)12(17(11,27)28,37-5-8(2)34)19(31,32)13(16(10,25)26,18(11,29)30)38-6-9(3)35/h7-9,34-35H,4-6,33H2,1-3H3. The second kappa shape index (κ2) is 7.98. The van der Waals surface area contributed by atoms with Crippen LogP contribution < -0.4 is 5.73 Å². The summed E-state index contributed by atoms with van der Waals surface area (Å²) in [5, 5.41) is 18.6. The SMILES string of the molecule is CC(N)COC12C(F)(F)C3(F)C(F)(F)C(OCC(C)O)(C1(F)F)C(F)(F)C(OCC(C)O)(C3(F)F)C2(F)F. The van der Waals surface area contributed by atoms with E-state index in [4.69, 9.17) is 5.73 Å². The quantitative estimate of drug-likeness (QED) is 0.358. The van der Waals surface area contributed by atoms with Crippen molar-refractivity contribution in [2.75, 3.05) is 19.8 Å². The van der Waals surface area contributed by atoms with Crippen LogP contribution in [0.5, 0.6) is 0 Å². The number of aliphatic hydroxyl groups is 2. The topological polar surface area (TPSA) is 94.2 Å². The number of hydrogen-bond donors (Lipinski definition) is 3. The molecule has 6 nitrogen and oxygen atoms in total. The highest BCUT2D eigenvalue weighted by molar-refractivity contribution is 5.55. The molecule has 0 aromatic rings. The van der Waals surface area contributed by atoms with Crippen LogP contribution in [0.4, 0.5) is 57.1 Å². The molecular formula is C19H22F13NO5. The molecule has 4 N–H and O–H groups in total. The molecule has 4 saturated carbocycles. The Hall–Kier alpha value is -1.15. The first-order valence-corrected chi connectivity index (χ1v) is 10.7. The first-order valence-electron chi connectivity index (χ1n) is 10.7. The molecule has 5 unspecified atom stereocenters. The normalized spacial score (nSPS) is 43.0. The molecule has 4 bridgehead atoms. The van der Waals surface area contributed by atoms with Gasteiger partial charge in [-0.2, -0.15) is 52.7 Å². The van der Waals surface area contributed by atoms with Gasteiger partial charge in [0.2, 0.25) is 0 Å². The van der Waals surface area contributed by atoms with E-state index in [1.54, 1.807) is 0 Å². The van der Waals surface area contributed by atoms with Gasteiger partial charge in [0.25, 0.3) is 16.8 Å². The molecule has 0 heterocycles. The second-order valence-electron chi connectivity index (χ2n) is 9.76. The Labute approximate surface area is 205 Å². The molecule has 4 rings (SSSR count). The maximum atomic E-state index is 15.9. The zero-order valence-electron chi connectivity index (χ0n) is 19.5. The third-order valence-corrected chi connectivity index (χ3v) is 6.92. The van der Waals surface area contributed by atoms with Crippen LogP contribution in [-0.2, 0) is 14.2 Å². The van der Waals surface area contributed by atoms with Crippen LogP contribution >= 0.6 is 0 Å². The molecule has 38 heavy (non-hydrogen) atoms. The van der Waals surface area contributed by atoms with Crippen molar-refractivity contribution in [1.29, 1.82) is 0 Å². The number of aliphatic hydroxyl groups excluding tert-OH is 2. The molecule has 4 aliphatic rings. The van der Waals surface area contributed by atoms with Crippen molar-refractivity contribution in [1.82, 2.24) is 0 Å². The van der Waals surface area contributed by atoms with Gasteiger partial charge in [-0.3, -0.25) is 0 Å². The van der Waals surface area contributed by atoms with Crippen molar-refractivity contribution in [3.8, 4) is 0 Å². The summed E-state index contributed by atoms with van der Waals surface area (Å²) in [7, 11) is 0. The second-order valence-corrected chi connectivity index (χ2v) is 9.76.